The van der Waals surface area contributed by atoms with Crippen molar-refractivity contribution in [1.29, 1.82) is 5.41 Å². The second kappa shape index (κ2) is 6.56. The molecular weight excluding hydrogens is 264 g/mol. The van der Waals surface area contributed by atoms with Crippen molar-refractivity contribution in [1.82, 2.24) is 0 Å². The molecule has 2 aromatic rings. The van der Waals surface area contributed by atoms with Gasteiger partial charge in [-0.3, -0.25) is 5.41 Å². The van der Waals surface area contributed by atoms with E-state index in [1.807, 2.05) is 43.3 Å². The van der Waals surface area contributed by atoms with Gasteiger partial charge >= 0.3 is 6.03 Å². The zero-order valence-corrected chi connectivity index (χ0v) is 11.8. The number of carbonyl (C=O) groups is 1. The molecule has 2 amide bonds. The molecule has 0 fully saturated rings. The average molecular weight is 282 g/mol. The van der Waals surface area contributed by atoms with Crippen molar-refractivity contribution in [2.75, 3.05) is 10.6 Å². The van der Waals surface area contributed by atoms with Crippen LogP contribution in [0.5, 0.6) is 0 Å². The minimum absolute atomic E-state index is 0.118. The molecule has 0 radical (unpaired) electrons. The normalized spacial score (nSPS) is 9.95. The third-order valence-electron chi connectivity index (χ3n) is 2.88. The molecule has 108 valence electrons. The Morgan fingerprint density at radius 3 is 2.38 bits per heavy atom. The molecule has 5 N–H and O–H groups in total. The molecule has 0 saturated heterocycles. The summed E-state index contributed by atoms with van der Waals surface area (Å²) in [5, 5.41) is 12.8. The van der Waals surface area contributed by atoms with Gasteiger partial charge in [0.25, 0.3) is 0 Å². The summed E-state index contributed by atoms with van der Waals surface area (Å²) in [5.41, 5.74) is 8.80. The quantitative estimate of drug-likeness (QED) is 0.512. The Hall–Kier alpha value is -2.82. The second-order valence-corrected chi connectivity index (χ2v) is 4.85. The molecule has 0 spiro atoms. The van der Waals surface area contributed by atoms with Crippen molar-refractivity contribution in [3.8, 4) is 0 Å². The van der Waals surface area contributed by atoms with E-state index < -0.39 is 0 Å². The SMILES string of the molecule is Cc1cccc(NC(=O)Nc2ccc(CC(=N)N)cc2)c1. The maximum Gasteiger partial charge on any atom is 0.323 e. The Balaban J connectivity index is 1.95. The monoisotopic (exact) mass is 282 g/mol. The van der Waals surface area contributed by atoms with Crippen LogP contribution in [0.25, 0.3) is 0 Å². The van der Waals surface area contributed by atoms with Gasteiger partial charge in [-0.1, -0.05) is 24.3 Å². The molecule has 0 atom stereocenters. The van der Waals surface area contributed by atoms with Crippen molar-refractivity contribution in [3.05, 3.63) is 59.7 Å². The molecule has 0 unspecified atom stereocenters. The summed E-state index contributed by atoms with van der Waals surface area (Å²) in [7, 11) is 0. The number of anilines is 2. The van der Waals surface area contributed by atoms with Crippen LogP contribution in [0.1, 0.15) is 11.1 Å². The summed E-state index contributed by atoms with van der Waals surface area (Å²) in [4.78, 5) is 11.9. The van der Waals surface area contributed by atoms with Gasteiger partial charge in [0, 0.05) is 17.8 Å². The zero-order valence-electron chi connectivity index (χ0n) is 11.8. The molecular formula is C16H18N4O. The highest BCUT2D eigenvalue weighted by Crippen LogP contribution is 2.12. The average Bonchev–Trinajstić information content (AvgIpc) is 2.40. The summed E-state index contributed by atoms with van der Waals surface area (Å²) in [6.45, 7) is 1.97. The molecule has 0 aliphatic rings. The van der Waals surface area contributed by atoms with Crippen LogP contribution in [0.2, 0.25) is 0 Å². The lowest BCUT2D eigenvalue weighted by atomic mass is 10.1. The largest absolute Gasteiger partial charge is 0.387 e. The van der Waals surface area contributed by atoms with Gasteiger partial charge in [-0.2, -0.15) is 0 Å². The van der Waals surface area contributed by atoms with E-state index in [4.69, 9.17) is 11.1 Å². The Kier molecular flexibility index (Phi) is 4.56. The van der Waals surface area contributed by atoms with E-state index in [-0.39, 0.29) is 11.9 Å². The van der Waals surface area contributed by atoms with E-state index in [9.17, 15) is 4.79 Å². The maximum absolute atomic E-state index is 11.9. The van der Waals surface area contributed by atoms with E-state index >= 15 is 0 Å². The lowest BCUT2D eigenvalue weighted by Crippen LogP contribution is -2.19. The van der Waals surface area contributed by atoms with E-state index in [1.165, 1.54) is 0 Å². The predicted molar refractivity (Wildman–Crippen MR) is 85.9 cm³/mol. The number of hydrogen-bond acceptors (Lipinski definition) is 2. The Labute approximate surface area is 123 Å². The van der Waals surface area contributed by atoms with Gasteiger partial charge in [-0.05, 0) is 42.3 Å². The van der Waals surface area contributed by atoms with E-state index in [2.05, 4.69) is 10.6 Å². The maximum atomic E-state index is 11.9. The number of amides is 2. The third kappa shape index (κ3) is 4.65. The van der Waals surface area contributed by atoms with Crippen LogP contribution in [-0.4, -0.2) is 11.9 Å². The Morgan fingerprint density at radius 2 is 1.76 bits per heavy atom. The highest BCUT2D eigenvalue weighted by molar-refractivity contribution is 5.99. The van der Waals surface area contributed by atoms with Crippen molar-refractivity contribution in [2.45, 2.75) is 13.3 Å². The number of nitrogens with one attached hydrogen (secondary N) is 3. The number of nitrogens with two attached hydrogens (primary N) is 1. The van der Waals surface area contributed by atoms with Crippen LogP contribution in [0, 0.1) is 12.3 Å². The lowest BCUT2D eigenvalue weighted by Gasteiger charge is -2.09. The smallest absolute Gasteiger partial charge is 0.323 e. The van der Waals surface area contributed by atoms with Crippen LogP contribution in [0.4, 0.5) is 16.2 Å². The Bertz CT molecular complexity index is 650. The molecule has 0 aliphatic carbocycles. The van der Waals surface area contributed by atoms with Gasteiger partial charge in [0.05, 0.1) is 5.84 Å². The first-order valence-electron chi connectivity index (χ1n) is 6.59. The van der Waals surface area contributed by atoms with Crippen LogP contribution in [0.15, 0.2) is 48.5 Å². The summed E-state index contributed by atoms with van der Waals surface area (Å²) in [5.74, 6) is 0.118. The van der Waals surface area contributed by atoms with Gasteiger partial charge in [0.2, 0.25) is 0 Å². The fourth-order valence-electron chi connectivity index (χ4n) is 1.94. The molecule has 0 heterocycles. The molecule has 2 aromatic carbocycles. The summed E-state index contributed by atoms with van der Waals surface area (Å²) >= 11 is 0. The molecule has 21 heavy (non-hydrogen) atoms. The van der Waals surface area contributed by atoms with E-state index in [0.717, 1.165) is 16.8 Å². The second-order valence-electron chi connectivity index (χ2n) is 4.85. The van der Waals surface area contributed by atoms with Crippen LogP contribution >= 0.6 is 0 Å². The van der Waals surface area contributed by atoms with Crippen molar-refractivity contribution < 1.29 is 4.79 Å². The summed E-state index contributed by atoms with van der Waals surface area (Å²) in [6.07, 6.45) is 0.412. The molecule has 2 rings (SSSR count). The van der Waals surface area contributed by atoms with E-state index in [0.29, 0.717) is 12.1 Å². The van der Waals surface area contributed by atoms with Gasteiger partial charge in [0.15, 0.2) is 0 Å². The van der Waals surface area contributed by atoms with Crippen LogP contribution in [-0.2, 0) is 6.42 Å². The fraction of sp³-hybridized carbons (Fsp3) is 0.125. The highest BCUT2D eigenvalue weighted by atomic mass is 16.2. The number of benzene rings is 2. The molecule has 0 bridgehead atoms. The van der Waals surface area contributed by atoms with Crippen molar-refractivity contribution in [3.63, 3.8) is 0 Å². The fourth-order valence-corrected chi connectivity index (χ4v) is 1.94. The molecule has 5 heteroatoms. The molecule has 5 nitrogen and oxygen atoms in total. The third-order valence-corrected chi connectivity index (χ3v) is 2.88. The van der Waals surface area contributed by atoms with Crippen molar-refractivity contribution >= 4 is 23.2 Å². The topological polar surface area (TPSA) is 91.0 Å². The van der Waals surface area contributed by atoms with Gasteiger partial charge in [0.1, 0.15) is 0 Å². The minimum atomic E-state index is -0.292. The summed E-state index contributed by atoms with van der Waals surface area (Å²) < 4.78 is 0. The highest BCUT2D eigenvalue weighted by Gasteiger charge is 2.03. The number of aryl methyl sites for hydroxylation is 1. The molecule has 0 aliphatic heterocycles. The number of hydrogen-bond donors (Lipinski definition) is 4. The first-order chi connectivity index (χ1) is 10.0. The lowest BCUT2D eigenvalue weighted by molar-refractivity contribution is 0.262. The van der Waals surface area contributed by atoms with E-state index in [1.54, 1.807) is 12.1 Å². The number of urea groups is 1. The summed E-state index contributed by atoms with van der Waals surface area (Å²) in [6, 6.07) is 14.5. The van der Waals surface area contributed by atoms with Gasteiger partial charge < -0.3 is 16.4 Å². The standard InChI is InChI=1S/C16H18N4O/c1-11-3-2-4-14(9-11)20-16(21)19-13-7-5-12(6-8-13)10-15(17)18/h2-9H,10H2,1H3,(H3,17,18)(H2,19,20,21). The first-order valence-corrected chi connectivity index (χ1v) is 6.59. The van der Waals surface area contributed by atoms with Crippen LogP contribution in [0.3, 0.4) is 0 Å². The zero-order chi connectivity index (χ0) is 15.2. The van der Waals surface area contributed by atoms with Gasteiger partial charge in [-0.15, -0.1) is 0 Å². The Morgan fingerprint density at radius 1 is 1.10 bits per heavy atom. The number of rotatable bonds is 4. The first kappa shape index (κ1) is 14.6. The number of carbonyl (C=O) groups excluding carboxylic acids is 1. The van der Waals surface area contributed by atoms with Gasteiger partial charge in [-0.25, -0.2) is 4.79 Å². The van der Waals surface area contributed by atoms with Crippen LogP contribution < -0.4 is 16.4 Å². The molecule has 0 aromatic heterocycles. The number of amidine groups is 1. The minimum Gasteiger partial charge on any atom is -0.387 e. The molecule has 0 saturated carbocycles. The van der Waals surface area contributed by atoms with Crippen molar-refractivity contribution in [2.24, 2.45) is 5.73 Å². The predicted octanol–water partition coefficient (Wildman–Crippen LogP) is 3.12.